The zero-order valence-electron chi connectivity index (χ0n) is 16.0. The number of amides is 3. The molecule has 31 heavy (non-hydrogen) atoms. The lowest BCUT2D eigenvalue weighted by Crippen LogP contribution is -2.43. The average Bonchev–Trinajstić information content (AvgIpc) is 3.28. The zero-order chi connectivity index (χ0) is 21.5. The molecule has 5 rings (SSSR count). The molecular weight excluding hydrogens is 426 g/mol. The smallest absolute Gasteiger partial charge is 0.263 e. The quantitative estimate of drug-likeness (QED) is 0.726. The van der Waals surface area contributed by atoms with Gasteiger partial charge in [0.1, 0.15) is 19.8 Å². The Labute approximate surface area is 181 Å². The number of rotatable bonds is 4. The fourth-order valence-electron chi connectivity index (χ4n) is 3.67. The molecule has 3 aliphatic rings. The minimum Gasteiger partial charge on any atom is -0.486 e. The number of benzene rings is 2. The van der Waals surface area contributed by atoms with Crippen molar-refractivity contribution in [3.63, 3.8) is 0 Å². The first-order chi connectivity index (χ1) is 15.0. The van der Waals surface area contributed by atoms with Gasteiger partial charge in [-0.25, -0.2) is 4.90 Å². The fourth-order valence-corrected chi connectivity index (χ4v) is 3.79. The minimum absolute atomic E-state index is 0.243. The Hall–Kier alpha value is -3.66. The predicted molar refractivity (Wildman–Crippen MR) is 109 cm³/mol. The van der Waals surface area contributed by atoms with Crippen LogP contribution in [0.5, 0.6) is 11.5 Å². The van der Waals surface area contributed by atoms with Crippen molar-refractivity contribution < 1.29 is 23.9 Å². The van der Waals surface area contributed by atoms with E-state index in [-0.39, 0.29) is 6.54 Å². The van der Waals surface area contributed by atoms with E-state index in [1.54, 1.807) is 42.5 Å². The van der Waals surface area contributed by atoms with Gasteiger partial charge in [0.25, 0.3) is 11.8 Å². The Balaban J connectivity index is 1.28. The maximum atomic E-state index is 12.9. The van der Waals surface area contributed by atoms with Crippen LogP contribution in [0.3, 0.4) is 0 Å². The number of hydrogen-bond donors (Lipinski definition) is 1. The lowest BCUT2D eigenvalue weighted by molar-refractivity contribution is -0.123. The molecular formula is C20H16ClN5O5. The maximum absolute atomic E-state index is 12.9. The number of nitrogens with zero attached hydrogens (tertiary/aromatic N) is 4. The number of anilines is 2. The molecule has 3 aliphatic heterocycles. The second kappa shape index (κ2) is 7.55. The summed E-state index contributed by atoms with van der Waals surface area (Å²) in [6.45, 7) is 0.662. The molecule has 0 saturated carbocycles. The summed E-state index contributed by atoms with van der Waals surface area (Å²) in [7, 11) is 0. The summed E-state index contributed by atoms with van der Waals surface area (Å²) in [5.74, 6) is -0.246. The molecule has 3 heterocycles. The highest BCUT2D eigenvalue weighted by atomic mass is 35.5. The third-order valence-electron chi connectivity index (χ3n) is 5.07. The van der Waals surface area contributed by atoms with Crippen LogP contribution in [0.2, 0.25) is 5.02 Å². The van der Waals surface area contributed by atoms with Crippen LogP contribution in [0.15, 0.2) is 52.8 Å². The summed E-state index contributed by atoms with van der Waals surface area (Å²) in [4.78, 5) is 39.3. The van der Waals surface area contributed by atoms with E-state index in [0.717, 1.165) is 4.90 Å². The third kappa shape index (κ3) is 3.44. The number of carbonyl (C=O) groups excluding carboxylic acids is 3. The molecule has 2 atom stereocenters. The Morgan fingerprint density at radius 1 is 1.06 bits per heavy atom. The molecule has 158 valence electrons. The molecule has 0 aliphatic carbocycles. The van der Waals surface area contributed by atoms with Crippen LogP contribution in [0.1, 0.15) is 0 Å². The molecule has 2 aromatic rings. The summed E-state index contributed by atoms with van der Waals surface area (Å²) in [6, 6.07) is 9.44. The van der Waals surface area contributed by atoms with Crippen molar-refractivity contribution in [2.45, 2.75) is 12.1 Å². The van der Waals surface area contributed by atoms with Gasteiger partial charge in [0, 0.05) is 16.8 Å². The number of nitrogens with one attached hydrogen (secondary N) is 1. The predicted octanol–water partition coefficient (Wildman–Crippen LogP) is 2.04. The SMILES string of the molecule is O=C(CN1N=N[C@@H]2C(=O)N(c3ccc(Cl)cc3)C(=O)[C@H]21)Nc1ccc2c(c1)OCCO2. The summed E-state index contributed by atoms with van der Waals surface area (Å²) < 4.78 is 11.0. The number of hydrogen-bond acceptors (Lipinski definition) is 8. The largest absolute Gasteiger partial charge is 0.486 e. The van der Waals surface area contributed by atoms with Gasteiger partial charge in [0.2, 0.25) is 5.91 Å². The minimum atomic E-state index is -0.981. The van der Waals surface area contributed by atoms with Crippen LogP contribution in [0, 0.1) is 0 Å². The number of imide groups is 1. The Morgan fingerprint density at radius 2 is 1.81 bits per heavy atom. The first kappa shape index (κ1) is 19.3. The molecule has 0 bridgehead atoms. The van der Waals surface area contributed by atoms with Crippen LogP contribution in [0.4, 0.5) is 11.4 Å². The van der Waals surface area contributed by atoms with Crippen LogP contribution in [0.25, 0.3) is 0 Å². The van der Waals surface area contributed by atoms with E-state index in [9.17, 15) is 14.4 Å². The zero-order valence-corrected chi connectivity index (χ0v) is 16.8. The summed E-state index contributed by atoms with van der Waals surface area (Å²) in [5, 5.41) is 12.2. The van der Waals surface area contributed by atoms with Gasteiger partial charge in [-0.15, -0.1) is 0 Å². The second-order valence-corrected chi connectivity index (χ2v) is 7.52. The highest BCUT2D eigenvalue weighted by Crippen LogP contribution is 2.34. The lowest BCUT2D eigenvalue weighted by atomic mass is 10.1. The van der Waals surface area contributed by atoms with Crippen LogP contribution in [-0.2, 0) is 14.4 Å². The molecule has 0 spiro atoms. The maximum Gasteiger partial charge on any atom is 0.263 e. The van der Waals surface area contributed by atoms with Crippen molar-refractivity contribution in [1.29, 1.82) is 0 Å². The van der Waals surface area contributed by atoms with Gasteiger partial charge in [-0.2, -0.15) is 5.11 Å². The van der Waals surface area contributed by atoms with Gasteiger partial charge in [-0.3, -0.25) is 19.4 Å². The van der Waals surface area contributed by atoms with E-state index in [1.807, 2.05) is 0 Å². The van der Waals surface area contributed by atoms with Gasteiger partial charge < -0.3 is 14.8 Å². The van der Waals surface area contributed by atoms with Crippen molar-refractivity contribution in [2.75, 3.05) is 30.0 Å². The van der Waals surface area contributed by atoms with Gasteiger partial charge in [-0.05, 0) is 36.4 Å². The summed E-state index contributed by atoms with van der Waals surface area (Å²) in [5.41, 5.74) is 0.906. The highest BCUT2D eigenvalue weighted by molar-refractivity contribution is 6.31. The van der Waals surface area contributed by atoms with Gasteiger partial charge in [0.05, 0.1) is 5.69 Å². The number of carbonyl (C=O) groups is 3. The number of fused-ring (bicyclic) bond motifs is 2. The summed E-state index contributed by atoms with van der Waals surface area (Å²) in [6.07, 6.45) is 0. The van der Waals surface area contributed by atoms with Crippen molar-refractivity contribution in [2.24, 2.45) is 10.3 Å². The molecule has 1 fully saturated rings. The molecule has 0 unspecified atom stereocenters. The van der Waals surface area contributed by atoms with E-state index < -0.39 is 29.8 Å². The van der Waals surface area contributed by atoms with Crippen molar-refractivity contribution in [3.05, 3.63) is 47.5 Å². The Morgan fingerprint density at radius 3 is 2.58 bits per heavy atom. The lowest BCUT2D eigenvalue weighted by Gasteiger charge is -2.21. The average molecular weight is 442 g/mol. The van der Waals surface area contributed by atoms with Crippen molar-refractivity contribution in [1.82, 2.24) is 5.01 Å². The van der Waals surface area contributed by atoms with Crippen LogP contribution >= 0.6 is 11.6 Å². The van der Waals surface area contributed by atoms with E-state index in [4.69, 9.17) is 21.1 Å². The topological polar surface area (TPSA) is 113 Å². The van der Waals surface area contributed by atoms with Crippen molar-refractivity contribution >= 4 is 40.7 Å². The molecule has 0 aromatic heterocycles. The van der Waals surface area contributed by atoms with Crippen LogP contribution < -0.4 is 19.7 Å². The van der Waals surface area contributed by atoms with E-state index in [1.165, 1.54) is 5.01 Å². The Kier molecular flexibility index (Phi) is 4.70. The van der Waals surface area contributed by atoms with E-state index in [2.05, 4.69) is 15.7 Å². The standard InChI is InChI=1S/C20H16ClN5O5/c21-11-1-4-13(5-2-11)26-19(28)17-18(20(26)29)25(24-23-17)10-16(27)22-12-3-6-14-15(9-12)31-8-7-30-14/h1-6,9,17-18H,7-8,10H2,(H,22,27)/t17-,18-/m0/s1. The molecule has 1 N–H and O–H groups in total. The van der Waals surface area contributed by atoms with Gasteiger partial charge in [0.15, 0.2) is 23.6 Å². The highest BCUT2D eigenvalue weighted by Gasteiger charge is 2.55. The van der Waals surface area contributed by atoms with E-state index >= 15 is 0 Å². The normalized spacial score (nSPS) is 21.5. The molecule has 1 saturated heterocycles. The fraction of sp³-hybridized carbons (Fsp3) is 0.250. The number of halogens is 1. The Bertz CT molecular complexity index is 1110. The second-order valence-electron chi connectivity index (χ2n) is 7.09. The summed E-state index contributed by atoms with van der Waals surface area (Å²) >= 11 is 5.88. The molecule has 10 nitrogen and oxygen atoms in total. The number of ether oxygens (including phenoxy) is 2. The molecule has 11 heteroatoms. The molecule has 2 aromatic carbocycles. The van der Waals surface area contributed by atoms with Crippen LogP contribution in [-0.4, -0.2) is 54.6 Å². The van der Waals surface area contributed by atoms with E-state index in [0.29, 0.717) is 41.1 Å². The third-order valence-corrected chi connectivity index (χ3v) is 5.33. The molecule has 3 amide bonds. The monoisotopic (exact) mass is 441 g/mol. The first-order valence-electron chi connectivity index (χ1n) is 9.51. The first-order valence-corrected chi connectivity index (χ1v) is 9.89. The molecule has 0 radical (unpaired) electrons. The van der Waals surface area contributed by atoms with Gasteiger partial charge >= 0.3 is 0 Å². The van der Waals surface area contributed by atoms with Crippen molar-refractivity contribution in [3.8, 4) is 11.5 Å². The van der Waals surface area contributed by atoms with Gasteiger partial charge in [-0.1, -0.05) is 16.8 Å².